The van der Waals surface area contributed by atoms with Gasteiger partial charge in [0.15, 0.2) is 0 Å². The van der Waals surface area contributed by atoms with E-state index in [2.05, 4.69) is 12.7 Å². The summed E-state index contributed by atoms with van der Waals surface area (Å²) in [6, 6.07) is 0. The number of hydrogen-bond acceptors (Lipinski definition) is 2. The Morgan fingerprint density at radius 3 is 1.80 bits per heavy atom. The maximum atomic E-state index is 7.72. The molecule has 3 N–H and O–H groups in total. The van der Waals surface area contributed by atoms with E-state index in [9.17, 15) is 0 Å². The monoisotopic (exact) mass is 257 g/mol. The molecule has 0 aromatic heterocycles. The van der Waals surface area contributed by atoms with Crippen molar-refractivity contribution in [1.82, 2.24) is 0 Å². The van der Waals surface area contributed by atoms with Gasteiger partial charge in [-0.05, 0) is 6.23 Å². The van der Waals surface area contributed by atoms with Gasteiger partial charge < -0.3 is 17.8 Å². The molecule has 0 radical (unpaired) electrons. The quantitative estimate of drug-likeness (QED) is 0.335. The Hall–Kier alpha value is 0.660. The zero-order chi connectivity index (χ0) is 3.58. The molecule has 3 heteroatoms. The van der Waals surface area contributed by atoms with Gasteiger partial charge in [0.2, 0.25) is 0 Å². The minimum Gasteiger partial charge on any atom is -0.411 e. The van der Waals surface area contributed by atoms with Crippen molar-refractivity contribution in [3.8, 4) is 0 Å². The van der Waals surface area contributed by atoms with Crippen LogP contribution in [0, 0.1) is 6.92 Å². The molecule has 0 aliphatic heterocycles. The van der Waals surface area contributed by atoms with Gasteiger partial charge in [0, 0.05) is 0 Å². The van der Waals surface area contributed by atoms with Gasteiger partial charge in [0.1, 0.15) is 0 Å². The molecule has 1 unspecified atom stereocenters. The summed E-state index contributed by atoms with van der Waals surface area (Å²) in [6.07, 6.45) is -0.917. The summed E-state index contributed by atoms with van der Waals surface area (Å²) in [7, 11) is 0. The number of hydrogen-bond donors (Lipinski definition) is 2. The van der Waals surface area contributed by atoms with Crippen molar-refractivity contribution in [3.63, 3.8) is 0 Å². The smallest absolute Gasteiger partial charge is 0.411 e. The third-order valence-electron chi connectivity index (χ3n) is 0. The van der Waals surface area contributed by atoms with Crippen LogP contribution in [0.2, 0.25) is 0 Å². The van der Waals surface area contributed by atoms with Crippen molar-refractivity contribution in [3.05, 3.63) is 6.92 Å². The zero-order valence-electron chi connectivity index (χ0n) is 2.61. The molecule has 0 heterocycles. The van der Waals surface area contributed by atoms with Crippen LogP contribution in [0.1, 0.15) is 0 Å². The van der Waals surface area contributed by atoms with Crippen LogP contribution in [-0.4, -0.2) is 11.3 Å². The molecule has 0 aromatic rings. The molecule has 2 nitrogen and oxygen atoms in total. The first-order chi connectivity index (χ1) is 1.73. The number of aliphatic hydroxyl groups excluding tert-OH is 1. The number of nitrogens with two attached hydrogens (primary N) is 1. The fourth-order valence-corrected chi connectivity index (χ4v) is 0. The summed E-state index contributed by atoms with van der Waals surface area (Å²) in [6.45, 7) is 2.97. The normalized spacial score (nSPS) is 12.6. The topological polar surface area (TPSA) is 46.2 Å². The van der Waals surface area contributed by atoms with Crippen molar-refractivity contribution in [2.24, 2.45) is 5.73 Å². The van der Waals surface area contributed by atoms with Gasteiger partial charge in [-0.1, -0.05) is 0 Å². The van der Waals surface area contributed by atoms with Crippen LogP contribution in [0.15, 0.2) is 0 Å². The first-order valence-electron chi connectivity index (χ1n) is 1.000. The van der Waals surface area contributed by atoms with E-state index in [1.165, 1.54) is 0 Å². The standard InChI is InChI=1S/C2H6NO.Au/c1-2(3)4;/h2,4H,1,3H2;/q-1;+1. The van der Waals surface area contributed by atoms with E-state index in [4.69, 9.17) is 5.11 Å². The number of rotatable bonds is 0. The fraction of sp³-hybridized carbons (Fsp3) is 0.500. The summed E-state index contributed by atoms with van der Waals surface area (Å²) in [4.78, 5) is 0. The second-order valence-corrected chi connectivity index (χ2v) is 0.567. The van der Waals surface area contributed by atoms with Crippen LogP contribution in [-0.2, 0) is 22.4 Å². The Kier molecular flexibility index (Phi) is 8.55. The second-order valence-electron chi connectivity index (χ2n) is 0.567. The molecule has 0 aromatic carbocycles. The van der Waals surface area contributed by atoms with Crippen molar-refractivity contribution in [2.45, 2.75) is 6.23 Å². The van der Waals surface area contributed by atoms with Gasteiger partial charge in [-0.3, -0.25) is 0 Å². The van der Waals surface area contributed by atoms with E-state index < -0.39 is 6.23 Å². The SMILES string of the molecule is [Au+].[CH2-]C(N)O. The first-order valence-corrected chi connectivity index (χ1v) is 1.000. The molecule has 0 aliphatic carbocycles. The molecular weight excluding hydrogens is 251 g/mol. The summed E-state index contributed by atoms with van der Waals surface area (Å²) in [5, 5.41) is 7.72. The molecule has 0 spiro atoms. The van der Waals surface area contributed by atoms with Gasteiger partial charge in [0.25, 0.3) is 0 Å². The van der Waals surface area contributed by atoms with Gasteiger partial charge in [0.05, 0.1) is 0 Å². The van der Waals surface area contributed by atoms with Crippen LogP contribution in [0.3, 0.4) is 0 Å². The van der Waals surface area contributed by atoms with E-state index in [1.807, 2.05) is 0 Å². The Bertz CT molecular complexity index is 14.4. The predicted molar refractivity (Wildman–Crippen MR) is 15.6 cm³/mol. The Morgan fingerprint density at radius 1 is 1.80 bits per heavy atom. The Balaban J connectivity index is 0. The summed E-state index contributed by atoms with van der Waals surface area (Å²) in [5.41, 5.74) is 4.56. The van der Waals surface area contributed by atoms with Crippen LogP contribution in [0.4, 0.5) is 0 Å². The van der Waals surface area contributed by atoms with Crippen molar-refractivity contribution in [2.75, 3.05) is 0 Å². The first kappa shape index (κ1) is 9.18. The molecular formula is C2H6AuNO. The maximum Gasteiger partial charge on any atom is 1.00 e. The van der Waals surface area contributed by atoms with Crippen molar-refractivity contribution >= 4 is 0 Å². The number of aliphatic hydroxyl groups is 1. The van der Waals surface area contributed by atoms with Crippen LogP contribution in [0.25, 0.3) is 0 Å². The van der Waals surface area contributed by atoms with E-state index in [0.29, 0.717) is 0 Å². The van der Waals surface area contributed by atoms with E-state index in [-0.39, 0.29) is 22.4 Å². The minimum absolute atomic E-state index is 0. The third-order valence-corrected chi connectivity index (χ3v) is 0. The molecule has 0 saturated heterocycles. The fourth-order valence-electron chi connectivity index (χ4n) is 0. The minimum atomic E-state index is -0.917. The Labute approximate surface area is 46.9 Å². The average molecular weight is 257 g/mol. The largest absolute Gasteiger partial charge is 1.00 e. The second kappa shape index (κ2) is 4.66. The molecule has 36 valence electrons. The van der Waals surface area contributed by atoms with Crippen molar-refractivity contribution in [1.29, 1.82) is 0 Å². The van der Waals surface area contributed by atoms with E-state index >= 15 is 0 Å². The molecule has 0 rings (SSSR count). The average Bonchev–Trinajstić information content (AvgIpc) is 0.811. The van der Waals surface area contributed by atoms with Gasteiger partial charge >= 0.3 is 22.4 Å². The molecule has 0 amide bonds. The predicted octanol–water partition coefficient (Wildman–Crippen LogP) is -0.905. The summed E-state index contributed by atoms with van der Waals surface area (Å²) >= 11 is 0. The van der Waals surface area contributed by atoms with E-state index in [0.717, 1.165) is 0 Å². The van der Waals surface area contributed by atoms with Crippen LogP contribution < -0.4 is 5.73 Å². The Morgan fingerprint density at radius 2 is 1.80 bits per heavy atom. The molecule has 5 heavy (non-hydrogen) atoms. The van der Waals surface area contributed by atoms with E-state index in [1.54, 1.807) is 0 Å². The van der Waals surface area contributed by atoms with Gasteiger partial charge in [-0.2, -0.15) is 0 Å². The zero-order valence-corrected chi connectivity index (χ0v) is 4.78. The molecule has 0 aliphatic rings. The molecule has 0 fully saturated rings. The molecule has 1 atom stereocenters. The van der Waals surface area contributed by atoms with Crippen LogP contribution in [0.5, 0.6) is 0 Å². The summed E-state index contributed by atoms with van der Waals surface area (Å²) < 4.78 is 0. The van der Waals surface area contributed by atoms with Gasteiger partial charge in [-0.15, -0.1) is 0 Å². The summed E-state index contributed by atoms with van der Waals surface area (Å²) in [5.74, 6) is 0. The van der Waals surface area contributed by atoms with Gasteiger partial charge in [-0.25, -0.2) is 0 Å². The molecule has 0 saturated carbocycles. The molecule has 0 bridgehead atoms. The maximum absolute atomic E-state index is 7.72. The van der Waals surface area contributed by atoms with Crippen molar-refractivity contribution < 1.29 is 27.5 Å². The van der Waals surface area contributed by atoms with Crippen LogP contribution >= 0.6 is 0 Å². The third kappa shape index (κ3) is 75.7.